The van der Waals surface area contributed by atoms with Crippen molar-refractivity contribution in [3.63, 3.8) is 0 Å². The fourth-order valence-corrected chi connectivity index (χ4v) is 3.73. The number of esters is 1. The van der Waals surface area contributed by atoms with Crippen molar-refractivity contribution in [3.05, 3.63) is 47.1 Å². The van der Waals surface area contributed by atoms with E-state index in [1.54, 1.807) is 6.92 Å². The summed E-state index contributed by atoms with van der Waals surface area (Å²) in [5.41, 5.74) is -0.188. The third-order valence-corrected chi connectivity index (χ3v) is 5.48. The van der Waals surface area contributed by atoms with Crippen molar-refractivity contribution in [2.24, 2.45) is 0 Å². The van der Waals surface area contributed by atoms with E-state index < -0.39 is 54.6 Å². The number of phenols is 2. The summed E-state index contributed by atoms with van der Waals surface area (Å²) in [5, 5.41) is 61.5. The first kappa shape index (κ1) is 26.8. The van der Waals surface area contributed by atoms with E-state index in [0.29, 0.717) is 18.4 Å². The van der Waals surface area contributed by atoms with Crippen molar-refractivity contribution in [1.29, 1.82) is 0 Å². The zero-order valence-electron chi connectivity index (χ0n) is 18.9. The second kappa shape index (κ2) is 12.7. The van der Waals surface area contributed by atoms with E-state index in [0.717, 1.165) is 12.8 Å². The van der Waals surface area contributed by atoms with Crippen LogP contribution in [0.15, 0.2) is 30.4 Å². The van der Waals surface area contributed by atoms with Gasteiger partial charge in [-0.3, -0.25) is 0 Å². The molecule has 2 rings (SSSR count). The van der Waals surface area contributed by atoms with Gasteiger partial charge in [0.1, 0.15) is 47.6 Å². The first-order valence-electron chi connectivity index (χ1n) is 11.1. The largest absolute Gasteiger partial charge is 0.507 e. The van der Waals surface area contributed by atoms with Crippen LogP contribution in [0.1, 0.15) is 60.7 Å². The standard InChI is InChI=1S/C24H34O9/c1-3-5-6-7-8-9-10-11-14-12-15(26)18(20(28)17(14)24(31)32-4-2)23-22(30)21(29)19(27)16(13-25)33-23/h6-9,12,16,19,21-23,25-30H,3-5,10-11,13H2,1-2H3. The van der Waals surface area contributed by atoms with Gasteiger partial charge < -0.3 is 40.1 Å². The van der Waals surface area contributed by atoms with Gasteiger partial charge in [0, 0.05) is 0 Å². The first-order chi connectivity index (χ1) is 15.8. The average molecular weight is 467 g/mol. The highest BCUT2D eigenvalue weighted by Gasteiger charge is 2.46. The summed E-state index contributed by atoms with van der Waals surface area (Å²) >= 11 is 0. The van der Waals surface area contributed by atoms with Crippen LogP contribution in [-0.2, 0) is 15.9 Å². The van der Waals surface area contributed by atoms with Gasteiger partial charge in [0.25, 0.3) is 0 Å². The van der Waals surface area contributed by atoms with Crippen molar-refractivity contribution in [2.45, 2.75) is 70.1 Å². The predicted octanol–water partition coefficient (Wildman–Crippen LogP) is 1.63. The van der Waals surface area contributed by atoms with Crippen LogP contribution in [0, 0.1) is 0 Å². The monoisotopic (exact) mass is 466 g/mol. The van der Waals surface area contributed by atoms with Crippen molar-refractivity contribution >= 4 is 5.97 Å². The summed E-state index contributed by atoms with van der Waals surface area (Å²) in [6.07, 6.45) is 2.76. The summed E-state index contributed by atoms with van der Waals surface area (Å²) in [7, 11) is 0. The minimum atomic E-state index is -1.74. The van der Waals surface area contributed by atoms with E-state index >= 15 is 0 Å². The number of phenolic OH excluding ortho intramolecular Hbond substituents is 2. The van der Waals surface area contributed by atoms with Crippen molar-refractivity contribution in [3.8, 4) is 11.5 Å². The van der Waals surface area contributed by atoms with E-state index in [2.05, 4.69) is 6.92 Å². The fraction of sp³-hybridized carbons (Fsp3) is 0.542. The topological polar surface area (TPSA) is 157 Å². The Labute approximate surface area is 193 Å². The number of benzene rings is 1. The van der Waals surface area contributed by atoms with Gasteiger partial charge in [-0.25, -0.2) is 4.79 Å². The average Bonchev–Trinajstić information content (AvgIpc) is 2.78. The molecule has 1 aromatic rings. The van der Waals surface area contributed by atoms with Crippen molar-refractivity contribution in [2.75, 3.05) is 13.2 Å². The number of carbonyl (C=O) groups is 1. The molecule has 0 radical (unpaired) electrons. The van der Waals surface area contributed by atoms with Crippen molar-refractivity contribution in [1.82, 2.24) is 0 Å². The molecule has 184 valence electrons. The lowest BCUT2D eigenvalue weighted by Crippen LogP contribution is -2.55. The Balaban J connectivity index is 2.42. The molecule has 1 aliphatic heterocycles. The number of unbranched alkanes of at least 4 members (excludes halogenated alkanes) is 1. The Morgan fingerprint density at radius 1 is 1.06 bits per heavy atom. The molecule has 0 aliphatic carbocycles. The number of aryl methyl sites for hydroxylation is 1. The van der Waals surface area contributed by atoms with Gasteiger partial charge in [0.2, 0.25) is 0 Å². The van der Waals surface area contributed by atoms with E-state index in [4.69, 9.17) is 9.47 Å². The van der Waals surface area contributed by atoms with E-state index in [1.165, 1.54) is 6.07 Å². The van der Waals surface area contributed by atoms with Gasteiger partial charge in [0.05, 0.1) is 18.8 Å². The van der Waals surface area contributed by atoms with Gasteiger partial charge in [-0.1, -0.05) is 37.6 Å². The summed E-state index contributed by atoms with van der Waals surface area (Å²) in [6, 6.07) is 1.28. The maximum Gasteiger partial charge on any atom is 0.342 e. The number of allylic oxidation sites excluding steroid dienone is 4. The molecular formula is C24H34O9. The number of aromatic hydroxyl groups is 2. The maximum atomic E-state index is 12.6. The van der Waals surface area contributed by atoms with Crippen LogP contribution in [0.25, 0.3) is 0 Å². The van der Waals surface area contributed by atoms with E-state index in [1.807, 2.05) is 24.3 Å². The van der Waals surface area contributed by atoms with Gasteiger partial charge in [-0.05, 0) is 37.8 Å². The van der Waals surface area contributed by atoms with E-state index in [-0.39, 0.29) is 17.7 Å². The molecule has 1 aliphatic rings. The fourth-order valence-electron chi connectivity index (χ4n) is 3.73. The number of hydrogen-bond donors (Lipinski definition) is 6. The molecule has 9 heteroatoms. The predicted molar refractivity (Wildman–Crippen MR) is 120 cm³/mol. The normalized spacial score (nSPS) is 25.7. The molecule has 0 amide bonds. The minimum Gasteiger partial charge on any atom is -0.507 e. The van der Waals surface area contributed by atoms with Gasteiger partial charge >= 0.3 is 5.97 Å². The van der Waals surface area contributed by atoms with Crippen LogP contribution < -0.4 is 0 Å². The van der Waals surface area contributed by atoms with Crippen LogP contribution >= 0.6 is 0 Å². The number of aliphatic hydroxyl groups excluding tert-OH is 4. The van der Waals surface area contributed by atoms with Crippen LogP contribution in [-0.4, -0.2) is 74.2 Å². The lowest BCUT2D eigenvalue weighted by Gasteiger charge is -2.40. The number of ether oxygens (including phenoxy) is 2. The Bertz CT molecular complexity index is 847. The molecule has 5 atom stereocenters. The molecule has 1 heterocycles. The Kier molecular flexibility index (Phi) is 10.3. The van der Waals surface area contributed by atoms with Crippen LogP contribution in [0.4, 0.5) is 0 Å². The number of hydrogen-bond acceptors (Lipinski definition) is 9. The summed E-state index contributed by atoms with van der Waals surface area (Å²) in [4.78, 5) is 12.6. The Morgan fingerprint density at radius 2 is 1.73 bits per heavy atom. The SMILES string of the molecule is CCCC=CC=CCCc1cc(O)c(C2OC(CO)C(O)C(O)C2O)c(O)c1C(=O)OCC. The Morgan fingerprint density at radius 3 is 2.33 bits per heavy atom. The molecule has 1 fully saturated rings. The van der Waals surface area contributed by atoms with Gasteiger partial charge in [-0.15, -0.1) is 0 Å². The quantitative estimate of drug-likeness (QED) is 0.223. The number of carbonyl (C=O) groups excluding carboxylic acids is 1. The molecule has 1 saturated heterocycles. The Hall–Kier alpha value is -2.43. The zero-order valence-corrected chi connectivity index (χ0v) is 18.9. The minimum absolute atomic E-state index is 0.0517. The maximum absolute atomic E-state index is 12.6. The molecule has 1 aromatic carbocycles. The van der Waals surface area contributed by atoms with Crippen LogP contribution in [0.3, 0.4) is 0 Å². The lowest BCUT2D eigenvalue weighted by molar-refractivity contribution is -0.232. The highest BCUT2D eigenvalue weighted by atomic mass is 16.5. The first-order valence-corrected chi connectivity index (χ1v) is 11.1. The highest BCUT2D eigenvalue weighted by molar-refractivity contribution is 5.95. The molecule has 0 bridgehead atoms. The van der Waals surface area contributed by atoms with Crippen molar-refractivity contribution < 1.29 is 44.9 Å². The number of rotatable bonds is 10. The third kappa shape index (κ3) is 6.33. The van der Waals surface area contributed by atoms with E-state index in [9.17, 15) is 35.4 Å². The summed E-state index contributed by atoms with van der Waals surface area (Å²) in [6.45, 7) is 3.07. The van der Waals surface area contributed by atoms with Crippen LogP contribution in [0.5, 0.6) is 11.5 Å². The second-order valence-corrected chi connectivity index (χ2v) is 7.85. The molecular weight excluding hydrogens is 432 g/mol. The molecule has 0 spiro atoms. The highest BCUT2D eigenvalue weighted by Crippen LogP contribution is 2.44. The second-order valence-electron chi connectivity index (χ2n) is 7.85. The molecule has 5 unspecified atom stereocenters. The van der Waals surface area contributed by atoms with Gasteiger partial charge in [0.15, 0.2) is 0 Å². The number of aliphatic hydroxyl groups is 4. The molecule has 9 nitrogen and oxygen atoms in total. The third-order valence-electron chi connectivity index (χ3n) is 5.48. The van der Waals surface area contributed by atoms with Crippen LogP contribution in [0.2, 0.25) is 0 Å². The molecule has 0 aromatic heterocycles. The summed E-state index contributed by atoms with van der Waals surface area (Å²) in [5.74, 6) is -1.94. The van der Waals surface area contributed by atoms with Gasteiger partial charge in [-0.2, -0.15) is 0 Å². The lowest BCUT2D eigenvalue weighted by atomic mass is 9.87. The summed E-state index contributed by atoms with van der Waals surface area (Å²) < 4.78 is 10.5. The smallest absolute Gasteiger partial charge is 0.342 e. The molecule has 6 N–H and O–H groups in total. The molecule has 33 heavy (non-hydrogen) atoms. The molecule has 0 saturated carbocycles. The zero-order chi connectivity index (χ0) is 24.5.